The van der Waals surface area contributed by atoms with Gasteiger partial charge in [-0.3, -0.25) is 0 Å². The van der Waals surface area contributed by atoms with Gasteiger partial charge in [-0.1, -0.05) is 272 Å². The van der Waals surface area contributed by atoms with E-state index in [0.717, 1.165) is 60.3 Å². The lowest BCUT2D eigenvalue weighted by atomic mass is 9.96. The van der Waals surface area contributed by atoms with Gasteiger partial charge in [-0.2, -0.15) is 65.9 Å². The smallest absolute Gasteiger partial charge is 0.171 e. The van der Waals surface area contributed by atoms with Gasteiger partial charge in [-0.15, -0.1) is 0 Å². The summed E-state index contributed by atoms with van der Waals surface area (Å²) in [5.74, 6) is -3.43. The van der Waals surface area contributed by atoms with Gasteiger partial charge in [0.05, 0.1) is 11.3 Å². The summed E-state index contributed by atoms with van der Waals surface area (Å²) in [5, 5.41) is 0. The van der Waals surface area contributed by atoms with E-state index in [1.54, 1.807) is 20.8 Å². The molecule has 0 aromatic rings. The Balaban J connectivity index is -0.0000000502. The Morgan fingerprint density at radius 3 is 0.657 bits per heavy atom. The number of rotatable bonds is 8. The minimum atomic E-state index is -4.40. The van der Waals surface area contributed by atoms with Gasteiger partial charge in [0.2, 0.25) is 0 Å². The van der Waals surface area contributed by atoms with Crippen LogP contribution in [-0.2, 0) is 0 Å². The fourth-order valence-corrected chi connectivity index (χ4v) is 1.12. The molecule has 0 amide bonds. The van der Waals surface area contributed by atoms with Gasteiger partial charge >= 0.3 is 30.9 Å². The molecule has 15 heteroatoms. The summed E-state index contributed by atoms with van der Waals surface area (Å²) in [6, 6.07) is 0. The van der Waals surface area contributed by atoms with Crippen molar-refractivity contribution in [3.05, 3.63) is 0 Å². The number of unbranched alkanes of at least 4 members (excludes halogenated alkanes) is 3. The number of alkyl halides is 15. The van der Waals surface area contributed by atoms with Crippen LogP contribution in [0.4, 0.5) is 65.9 Å². The molecular weight excluding hydrogens is 946 g/mol. The molecule has 0 rings (SSSR count). The predicted octanol–water partition coefficient (Wildman–Crippen LogP) is 26.2. The van der Waals surface area contributed by atoms with Crippen LogP contribution in [0.3, 0.4) is 0 Å². The molecule has 70 heavy (non-hydrogen) atoms. The van der Waals surface area contributed by atoms with Crippen molar-refractivity contribution in [2.24, 2.45) is 46.8 Å². The highest BCUT2D eigenvalue weighted by atomic mass is 19.4. The zero-order valence-electron chi connectivity index (χ0n) is 54.8. The van der Waals surface area contributed by atoms with E-state index in [-0.39, 0.29) is 18.2 Å². The minimum Gasteiger partial charge on any atom is -0.171 e. The van der Waals surface area contributed by atoms with Crippen LogP contribution >= 0.6 is 0 Å². The van der Waals surface area contributed by atoms with E-state index in [0.29, 0.717) is 12.8 Å². The van der Waals surface area contributed by atoms with Crippen LogP contribution in [0, 0.1) is 46.8 Å². The molecule has 0 N–H and O–H groups in total. The first-order chi connectivity index (χ1) is 32.2. The lowest BCUT2D eigenvalue weighted by Crippen LogP contribution is -2.28. The normalized spacial score (nSPS) is 12.9. The highest BCUT2D eigenvalue weighted by Gasteiger charge is 2.43. The summed E-state index contributed by atoms with van der Waals surface area (Å²) in [5.41, 5.74) is -1.56. The van der Waals surface area contributed by atoms with Gasteiger partial charge in [0.25, 0.3) is 0 Å². The highest BCUT2D eigenvalue weighted by Crippen LogP contribution is 2.36. The van der Waals surface area contributed by atoms with E-state index in [4.69, 9.17) is 5.48 Å². The van der Waals surface area contributed by atoms with Crippen LogP contribution in [-0.4, -0.2) is 30.9 Å². The molecule has 0 aromatic heterocycles. The third-order valence-electron chi connectivity index (χ3n) is 6.90. The number of halogens is 15. The van der Waals surface area contributed by atoms with Crippen molar-refractivity contribution < 1.29 is 71.3 Å². The van der Waals surface area contributed by atoms with Crippen LogP contribution < -0.4 is 0 Å². The Bertz CT molecular complexity index is 934. The molecule has 0 saturated heterocycles. The summed E-state index contributed by atoms with van der Waals surface area (Å²) in [7, 11) is 0. The summed E-state index contributed by atoms with van der Waals surface area (Å²) in [6.45, 7) is 52.5. The minimum absolute atomic E-state index is 0.170. The third-order valence-corrected chi connectivity index (χ3v) is 6.90. The molecule has 2 atom stereocenters. The number of hydrogen-bond acceptors (Lipinski definition) is 0. The van der Waals surface area contributed by atoms with Crippen LogP contribution in [0.1, 0.15) is 290 Å². The average Bonchev–Trinajstić information content (AvgIpc) is 3.16. The maximum atomic E-state index is 11.6. The molecule has 0 aliphatic heterocycles. The van der Waals surface area contributed by atoms with E-state index >= 15 is 0 Å². The largest absolute Gasteiger partial charge is 0.393 e. The van der Waals surface area contributed by atoms with Crippen LogP contribution in [0.5, 0.6) is 0 Å². The quantitative estimate of drug-likeness (QED) is 0.213. The van der Waals surface area contributed by atoms with Crippen molar-refractivity contribution in [1.29, 1.82) is 0 Å². The lowest BCUT2D eigenvalue weighted by Gasteiger charge is -2.21. The maximum absolute atomic E-state index is 11.6. The summed E-state index contributed by atoms with van der Waals surface area (Å²) < 4.78 is 198. The van der Waals surface area contributed by atoms with E-state index in [1.807, 2.05) is 41.5 Å². The van der Waals surface area contributed by atoms with Crippen LogP contribution in [0.25, 0.3) is 0 Å². The van der Waals surface area contributed by atoms with Crippen molar-refractivity contribution in [3.8, 4) is 0 Å². The van der Waals surface area contributed by atoms with Gasteiger partial charge in [-0.25, -0.2) is 0 Å². The number of hydrogen-bond donors (Lipinski definition) is 0. The SMILES string of the molecule is CC.CC(C)(C)C(F)(F)F.CC(C)C.CC(C)C(F)(F)F.CCC.CCC(C)C.CCC(C)C(F)(F)F.CCCC.CCCCC.CC[C@H](C)CC(F)(F)F.[2H]C(C)(C)C.[2H]C(C)(C)C(F)(F)F.[2H]C([2H])(C)CC. The van der Waals surface area contributed by atoms with Crippen molar-refractivity contribution in [1.82, 2.24) is 0 Å². The zero-order valence-corrected chi connectivity index (χ0v) is 50.8. The molecule has 0 heterocycles. The van der Waals surface area contributed by atoms with Crippen molar-refractivity contribution in [2.75, 3.05) is 0 Å². The fourth-order valence-electron chi connectivity index (χ4n) is 1.12. The Hall–Kier alpha value is -1.05. The Kier molecular flexibility index (Phi) is 83.5. The van der Waals surface area contributed by atoms with E-state index in [9.17, 15) is 65.9 Å². The lowest BCUT2D eigenvalue weighted by molar-refractivity contribution is -0.204. The second-order valence-electron chi connectivity index (χ2n) is 18.9. The maximum Gasteiger partial charge on any atom is 0.393 e. The molecule has 0 nitrogen and oxygen atoms in total. The summed E-state index contributed by atoms with van der Waals surface area (Å²) in [6.07, 6.45) is -11.4. The van der Waals surface area contributed by atoms with Crippen LogP contribution in [0.2, 0.25) is 0 Å². The van der Waals surface area contributed by atoms with E-state index in [1.165, 1.54) is 58.8 Å². The van der Waals surface area contributed by atoms with Gasteiger partial charge in [0, 0.05) is 23.7 Å². The third kappa shape index (κ3) is 174. The topological polar surface area (TPSA) is 0 Å². The zero-order chi connectivity index (χ0) is 64.2. The Labute approximate surface area is 433 Å². The Morgan fingerprint density at radius 2 is 0.643 bits per heavy atom. The first kappa shape index (κ1) is 88.6. The van der Waals surface area contributed by atoms with Gasteiger partial charge in [0.15, 0.2) is 0 Å². The molecule has 1 unspecified atom stereocenters. The molecular formula is C55H121F15. The van der Waals surface area contributed by atoms with Crippen molar-refractivity contribution in [2.45, 2.75) is 316 Å². The van der Waals surface area contributed by atoms with Crippen molar-refractivity contribution in [3.63, 3.8) is 0 Å². The monoisotopic (exact) mass is 1070 g/mol. The molecule has 0 aromatic carbocycles. The van der Waals surface area contributed by atoms with Crippen molar-refractivity contribution >= 4 is 0 Å². The molecule has 0 aliphatic carbocycles. The van der Waals surface area contributed by atoms with Gasteiger partial charge in [-0.05, 0) is 30.1 Å². The first-order valence-electron chi connectivity index (χ1n) is 27.5. The van der Waals surface area contributed by atoms with Crippen LogP contribution in [0.15, 0.2) is 0 Å². The van der Waals surface area contributed by atoms with E-state index in [2.05, 4.69) is 83.1 Å². The fraction of sp³-hybridized carbons (Fsp3) is 1.00. The molecule has 0 saturated carbocycles. The second-order valence-corrected chi connectivity index (χ2v) is 18.9. The average molecular weight is 1070 g/mol. The molecule has 0 radical (unpaired) electrons. The van der Waals surface area contributed by atoms with Gasteiger partial charge < -0.3 is 0 Å². The van der Waals surface area contributed by atoms with E-state index < -0.39 is 66.8 Å². The second kappa shape index (κ2) is 66.0. The summed E-state index contributed by atoms with van der Waals surface area (Å²) >= 11 is 0. The first-order valence-corrected chi connectivity index (χ1v) is 25.5. The highest BCUT2D eigenvalue weighted by molar-refractivity contribution is 4.70. The molecule has 0 aliphatic rings. The molecule has 0 fully saturated rings. The molecule has 0 spiro atoms. The summed E-state index contributed by atoms with van der Waals surface area (Å²) in [4.78, 5) is 0. The Morgan fingerprint density at radius 1 is 0.429 bits per heavy atom. The molecule has 0 bridgehead atoms. The molecule has 446 valence electrons. The van der Waals surface area contributed by atoms with Gasteiger partial charge in [0.1, 0.15) is 0 Å². The predicted molar refractivity (Wildman–Crippen MR) is 283 cm³/mol. The standard InChI is InChI=1S/C6H11F3.2C5H9F3.2C5H12.2C4H7F3.4C4H10.C3H8.C2H6/c1-3-5(2)4-6(7,8)9;1-4(2,3)5(6,7)8;1-3-4(2)5(6,7)8;1-4-5(2)3;1-3-5-4-2;2*1-3(2)4(5,6)7;2*1-4(2)3;2*1-3-4-2;1-3-2;1-2/h5H,3-4H2,1-2H3;1-3H3;4H,3H2,1-2H3;5H,4H2,1-3H3;3-5H2,1-2H3;2*3H,1-2H3;2*4H,1-3H3;2*3-4H2,1-2H3;3H2,1-2H3;1-2H3/t5-;;;;;;;;;;;;/m0............/s1/i;;;;;3D;;4D;;3D2;;;.